The third-order valence-electron chi connectivity index (χ3n) is 4.46. The van der Waals surface area contributed by atoms with Gasteiger partial charge in [0.1, 0.15) is 5.75 Å². The molecular weight excluding hydrogens is 266 g/mol. The predicted molar refractivity (Wildman–Crippen MR) is 81.6 cm³/mol. The number of benzene rings is 1. The first-order valence-electron chi connectivity index (χ1n) is 7.84. The molecule has 0 radical (unpaired) electrons. The fraction of sp³-hybridized carbons (Fsp3) is 0.647. The summed E-state index contributed by atoms with van der Waals surface area (Å²) in [6.45, 7) is 6.60. The molecule has 2 heterocycles. The van der Waals surface area contributed by atoms with Crippen molar-refractivity contribution in [3.8, 4) is 5.75 Å². The summed E-state index contributed by atoms with van der Waals surface area (Å²) in [6, 6.07) is 8.23. The van der Waals surface area contributed by atoms with Crippen LogP contribution in [0.1, 0.15) is 25.3 Å². The van der Waals surface area contributed by atoms with Crippen molar-refractivity contribution in [3.63, 3.8) is 0 Å². The van der Waals surface area contributed by atoms with Gasteiger partial charge < -0.3 is 14.2 Å². The van der Waals surface area contributed by atoms with E-state index in [4.69, 9.17) is 14.2 Å². The van der Waals surface area contributed by atoms with Gasteiger partial charge in [-0.15, -0.1) is 0 Å². The van der Waals surface area contributed by atoms with Gasteiger partial charge in [-0.1, -0.05) is 18.2 Å². The molecule has 1 aromatic rings. The van der Waals surface area contributed by atoms with Gasteiger partial charge in [-0.25, -0.2) is 0 Å². The van der Waals surface area contributed by atoms with Gasteiger partial charge in [0.15, 0.2) is 0 Å². The summed E-state index contributed by atoms with van der Waals surface area (Å²) in [7, 11) is 1.73. The summed E-state index contributed by atoms with van der Waals surface area (Å²) in [5.74, 6) is 0.968. The smallest absolute Gasteiger partial charge is 0.123 e. The molecule has 0 N–H and O–H groups in total. The van der Waals surface area contributed by atoms with Crippen LogP contribution in [0.25, 0.3) is 0 Å². The monoisotopic (exact) mass is 291 g/mol. The molecule has 0 saturated carbocycles. The van der Waals surface area contributed by atoms with E-state index in [9.17, 15) is 0 Å². The highest BCUT2D eigenvalue weighted by Gasteiger charge is 2.47. The number of likely N-dealkylation sites (tertiary alicyclic amines) is 1. The quantitative estimate of drug-likeness (QED) is 0.834. The van der Waals surface area contributed by atoms with Crippen LogP contribution < -0.4 is 4.74 Å². The molecular formula is C17H25NO3. The Morgan fingerprint density at radius 3 is 2.90 bits per heavy atom. The van der Waals surface area contributed by atoms with E-state index in [1.54, 1.807) is 7.11 Å². The summed E-state index contributed by atoms with van der Waals surface area (Å²) in [6.07, 6.45) is 2.43. The largest absolute Gasteiger partial charge is 0.496 e. The van der Waals surface area contributed by atoms with E-state index in [1.165, 1.54) is 5.56 Å². The van der Waals surface area contributed by atoms with Gasteiger partial charge in [-0.3, -0.25) is 4.90 Å². The van der Waals surface area contributed by atoms with Crippen LogP contribution in [0.3, 0.4) is 0 Å². The van der Waals surface area contributed by atoms with Gasteiger partial charge in [0.2, 0.25) is 0 Å². The standard InChI is InChI=1S/C17H25NO3/c1-3-20-15-8-9-21-17(10-15)12-18(13-17)11-14-6-4-5-7-16(14)19-2/h4-7,15H,3,8-13H2,1-2H3. The third-order valence-corrected chi connectivity index (χ3v) is 4.46. The minimum atomic E-state index is 0.0279. The predicted octanol–water partition coefficient (Wildman–Crippen LogP) is 2.47. The van der Waals surface area contributed by atoms with Crippen LogP contribution >= 0.6 is 0 Å². The molecule has 4 heteroatoms. The van der Waals surface area contributed by atoms with Crippen LogP contribution in [0.2, 0.25) is 0 Å². The zero-order valence-corrected chi connectivity index (χ0v) is 13.0. The van der Waals surface area contributed by atoms with Gasteiger partial charge in [-0.05, 0) is 19.4 Å². The zero-order chi connectivity index (χ0) is 14.7. The van der Waals surface area contributed by atoms with Gasteiger partial charge in [-0.2, -0.15) is 0 Å². The number of methoxy groups -OCH3 is 1. The molecule has 1 unspecified atom stereocenters. The van der Waals surface area contributed by atoms with Crippen molar-refractivity contribution in [2.24, 2.45) is 0 Å². The van der Waals surface area contributed by atoms with Crippen molar-refractivity contribution in [1.29, 1.82) is 0 Å². The third kappa shape index (κ3) is 3.23. The summed E-state index contributed by atoms with van der Waals surface area (Å²) in [5, 5.41) is 0. The van der Waals surface area contributed by atoms with E-state index >= 15 is 0 Å². The van der Waals surface area contributed by atoms with E-state index in [0.29, 0.717) is 6.10 Å². The first kappa shape index (κ1) is 14.8. The molecule has 0 aromatic heterocycles. The van der Waals surface area contributed by atoms with Crippen LogP contribution in [0.4, 0.5) is 0 Å². The molecule has 4 nitrogen and oxygen atoms in total. The number of rotatable bonds is 5. The zero-order valence-electron chi connectivity index (χ0n) is 13.0. The van der Waals surface area contributed by atoms with Crippen LogP contribution in [0, 0.1) is 0 Å². The summed E-state index contributed by atoms with van der Waals surface area (Å²) in [5.41, 5.74) is 1.27. The molecule has 116 valence electrons. The molecule has 2 fully saturated rings. The van der Waals surface area contributed by atoms with Crippen molar-refractivity contribution in [2.75, 3.05) is 33.4 Å². The Labute approximate surface area is 127 Å². The van der Waals surface area contributed by atoms with Crippen LogP contribution in [0.15, 0.2) is 24.3 Å². The first-order chi connectivity index (χ1) is 10.2. The van der Waals surface area contributed by atoms with Crippen molar-refractivity contribution in [3.05, 3.63) is 29.8 Å². The number of ether oxygens (including phenoxy) is 3. The lowest BCUT2D eigenvalue weighted by Crippen LogP contribution is -2.65. The van der Waals surface area contributed by atoms with Crippen molar-refractivity contribution >= 4 is 0 Å². The molecule has 1 atom stereocenters. The molecule has 1 spiro atoms. The maximum absolute atomic E-state index is 6.05. The maximum Gasteiger partial charge on any atom is 0.123 e. The van der Waals surface area contributed by atoms with Gasteiger partial charge in [0.05, 0.1) is 18.8 Å². The van der Waals surface area contributed by atoms with E-state index in [-0.39, 0.29) is 5.60 Å². The highest BCUT2D eigenvalue weighted by atomic mass is 16.5. The number of hydrogen-bond donors (Lipinski definition) is 0. The SMILES string of the molecule is CCOC1CCOC2(C1)CN(Cc1ccccc1OC)C2. The van der Waals surface area contributed by atoms with E-state index in [0.717, 1.165) is 51.4 Å². The molecule has 3 rings (SSSR count). The summed E-state index contributed by atoms with van der Waals surface area (Å²) < 4.78 is 17.3. The molecule has 0 bridgehead atoms. The fourth-order valence-electron chi connectivity index (χ4n) is 3.54. The second-order valence-electron chi connectivity index (χ2n) is 6.06. The van der Waals surface area contributed by atoms with Crippen LogP contribution in [-0.4, -0.2) is 50.0 Å². The van der Waals surface area contributed by atoms with Crippen molar-refractivity contribution in [1.82, 2.24) is 4.90 Å². The molecule has 2 aliphatic heterocycles. The second-order valence-corrected chi connectivity index (χ2v) is 6.06. The van der Waals surface area contributed by atoms with Gasteiger partial charge in [0, 0.05) is 44.8 Å². The van der Waals surface area contributed by atoms with Crippen molar-refractivity contribution < 1.29 is 14.2 Å². The van der Waals surface area contributed by atoms with Crippen molar-refractivity contribution in [2.45, 2.75) is 38.0 Å². The lowest BCUT2D eigenvalue weighted by atomic mass is 9.84. The molecule has 0 aliphatic carbocycles. The molecule has 1 aromatic carbocycles. The highest BCUT2D eigenvalue weighted by Crippen LogP contribution is 2.36. The average Bonchev–Trinajstić information content (AvgIpc) is 2.47. The van der Waals surface area contributed by atoms with E-state index in [1.807, 2.05) is 12.1 Å². The van der Waals surface area contributed by atoms with Crippen LogP contribution in [-0.2, 0) is 16.0 Å². The summed E-state index contributed by atoms with van der Waals surface area (Å²) >= 11 is 0. The fourth-order valence-corrected chi connectivity index (χ4v) is 3.54. The van der Waals surface area contributed by atoms with E-state index < -0.39 is 0 Å². The Hall–Kier alpha value is -1.10. The molecule has 21 heavy (non-hydrogen) atoms. The Kier molecular flexibility index (Phi) is 4.48. The molecule has 2 aliphatic rings. The number of hydrogen-bond acceptors (Lipinski definition) is 4. The topological polar surface area (TPSA) is 30.9 Å². The average molecular weight is 291 g/mol. The minimum Gasteiger partial charge on any atom is -0.496 e. The Bertz CT molecular complexity index is 469. The Morgan fingerprint density at radius 1 is 1.33 bits per heavy atom. The molecule has 2 saturated heterocycles. The van der Waals surface area contributed by atoms with E-state index in [2.05, 4.69) is 24.0 Å². The Balaban J connectivity index is 1.55. The lowest BCUT2D eigenvalue weighted by Gasteiger charge is -2.53. The Morgan fingerprint density at radius 2 is 2.14 bits per heavy atom. The van der Waals surface area contributed by atoms with Crippen LogP contribution in [0.5, 0.6) is 5.75 Å². The van der Waals surface area contributed by atoms with Gasteiger partial charge in [0.25, 0.3) is 0 Å². The summed E-state index contributed by atoms with van der Waals surface area (Å²) in [4.78, 5) is 2.42. The van der Waals surface area contributed by atoms with Gasteiger partial charge >= 0.3 is 0 Å². The second kappa shape index (κ2) is 6.34. The first-order valence-corrected chi connectivity index (χ1v) is 7.84. The highest BCUT2D eigenvalue weighted by molar-refractivity contribution is 5.33. The molecule has 0 amide bonds. The number of para-hydroxylation sites is 1. The number of nitrogens with zero attached hydrogens (tertiary/aromatic N) is 1. The minimum absolute atomic E-state index is 0.0279. The maximum atomic E-state index is 6.05. The lowest BCUT2D eigenvalue weighted by molar-refractivity contribution is -0.198. The normalized spacial score (nSPS) is 24.8.